The Morgan fingerprint density at radius 3 is 2.40 bits per heavy atom. The van der Waals surface area contributed by atoms with Crippen molar-refractivity contribution < 1.29 is 9.59 Å². The van der Waals surface area contributed by atoms with Gasteiger partial charge in [0.25, 0.3) is 0 Å². The van der Waals surface area contributed by atoms with Gasteiger partial charge in [-0.1, -0.05) is 18.2 Å². The molecule has 0 aliphatic carbocycles. The average Bonchev–Trinajstić information content (AvgIpc) is 2.19. The molecular formula is C10H13N3O2. The summed E-state index contributed by atoms with van der Waals surface area (Å²) in [5.41, 5.74) is 0.638. The van der Waals surface area contributed by atoms with Crippen molar-refractivity contribution in [2.24, 2.45) is 0 Å². The molecule has 5 nitrogen and oxygen atoms in total. The molecule has 15 heavy (non-hydrogen) atoms. The van der Waals surface area contributed by atoms with Crippen molar-refractivity contribution in [2.45, 2.75) is 6.92 Å². The maximum atomic E-state index is 11.2. The molecule has 5 heteroatoms. The van der Waals surface area contributed by atoms with Gasteiger partial charge in [0.15, 0.2) is 0 Å². The Kier molecular flexibility index (Phi) is 4.15. The Hall–Kier alpha value is -2.04. The van der Waals surface area contributed by atoms with Gasteiger partial charge in [0.05, 0.1) is 0 Å². The number of para-hydroxylation sites is 1. The number of imide groups is 1. The van der Waals surface area contributed by atoms with Crippen molar-refractivity contribution in [3.63, 3.8) is 0 Å². The van der Waals surface area contributed by atoms with Crippen LogP contribution in [-0.4, -0.2) is 18.6 Å². The van der Waals surface area contributed by atoms with Crippen LogP contribution in [0.15, 0.2) is 30.3 Å². The van der Waals surface area contributed by atoms with E-state index in [4.69, 9.17) is 0 Å². The van der Waals surface area contributed by atoms with Crippen LogP contribution in [0.3, 0.4) is 0 Å². The number of nitrogens with one attached hydrogen (secondary N) is 3. The van der Waals surface area contributed by atoms with Crippen molar-refractivity contribution in [1.29, 1.82) is 0 Å². The second kappa shape index (κ2) is 5.64. The number of hydrogen-bond donors (Lipinski definition) is 3. The molecule has 0 saturated heterocycles. The SMILES string of the molecule is CCNC(=O)NC(=O)Nc1ccccc1. The lowest BCUT2D eigenvalue weighted by molar-refractivity contribution is 0.233. The van der Waals surface area contributed by atoms with Crippen LogP contribution in [0.2, 0.25) is 0 Å². The van der Waals surface area contributed by atoms with E-state index in [2.05, 4.69) is 16.0 Å². The van der Waals surface area contributed by atoms with Crippen molar-refractivity contribution in [2.75, 3.05) is 11.9 Å². The van der Waals surface area contributed by atoms with Gasteiger partial charge in [-0.3, -0.25) is 5.32 Å². The normalized spacial score (nSPS) is 9.13. The van der Waals surface area contributed by atoms with Crippen LogP contribution < -0.4 is 16.0 Å². The summed E-state index contributed by atoms with van der Waals surface area (Å²) < 4.78 is 0. The molecule has 0 spiro atoms. The fraction of sp³-hybridized carbons (Fsp3) is 0.200. The average molecular weight is 207 g/mol. The molecule has 0 aliphatic rings. The Bertz CT molecular complexity index is 338. The Morgan fingerprint density at radius 2 is 1.80 bits per heavy atom. The molecule has 0 aliphatic heterocycles. The molecule has 3 N–H and O–H groups in total. The number of anilines is 1. The highest BCUT2D eigenvalue weighted by molar-refractivity contribution is 6.00. The lowest BCUT2D eigenvalue weighted by atomic mass is 10.3. The molecule has 80 valence electrons. The Balaban J connectivity index is 2.40. The van der Waals surface area contributed by atoms with Crippen LogP contribution in [0.5, 0.6) is 0 Å². The van der Waals surface area contributed by atoms with Gasteiger partial charge >= 0.3 is 12.1 Å². The van der Waals surface area contributed by atoms with Gasteiger partial charge in [0.1, 0.15) is 0 Å². The van der Waals surface area contributed by atoms with Crippen LogP contribution in [0.1, 0.15) is 6.92 Å². The second-order valence-electron chi connectivity index (χ2n) is 2.80. The zero-order valence-corrected chi connectivity index (χ0v) is 8.41. The minimum absolute atomic E-state index is 0.477. The van der Waals surface area contributed by atoms with E-state index in [-0.39, 0.29) is 0 Å². The maximum Gasteiger partial charge on any atom is 0.327 e. The van der Waals surface area contributed by atoms with Gasteiger partial charge in [-0.05, 0) is 19.1 Å². The van der Waals surface area contributed by atoms with E-state index in [9.17, 15) is 9.59 Å². The lowest BCUT2D eigenvalue weighted by Crippen LogP contribution is -2.41. The maximum absolute atomic E-state index is 11.2. The molecule has 1 aromatic rings. The fourth-order valence-electron chi connectivity index (χ4n) is 0.992. The molecule has 0 unspecified atom stereocenters. The number of amides is 4. The highest BCUT2D eigenvalue weighted by Crippen LogP contribution is 2.03. The first-order valence-electron chi connectivity index (χ1n) is 4.63. The van der Waals surface area contributed by atoms with Crippen molar-refractivity contribution in [3.05, 3.63) is 30.3 Å². The van der Waals surface area contributed by atoms with Crippen molar-refractivity contribution in [1.82, 2.24) is 10.6 Å². The number of urea groups is 2. The van der Waals surface area contributed by atoms with E-state index in [0.717, 1.165) is 0 Å². The van der Waals surface area contributed by atoms with Gasteiger partial charge in [-0.15, -0.1) is 0 Å². The first-order chi connectivity index (χ1) is 7.22. The van der Waals surface area contributed by atoms with E-state index in [1.807, 2.05) is 6.07 Å². The molecule has 4 amide bonds. The zero-order chi connectivity index (χ0) is 11.1. The van der Waals surface area contributed by atoms with E-state index in [1.54, 1.807) is 31.2 Å². The second-order valence-corrected chi connectivity index (χ2v) is 2.80. The molecule has 0 heterocycles. The van der Waals surface area contributed by atoms with Crippen molar-refractivity contribution >= 4 is 17.7 Å². The van der Waals surface area contributed by atoms with Gasteiger partial charge in [0.2, 0.25) is 0 Å². The summed E-state index contributed by atoms with van der Waals surface area (Å²) in [5.74, 6) is 0. The fourth-order valence-corrected chi connectivity index (χ4v) is 0.992. The number of rotatable bonds is 2. The van der Waals surface area contributed by atoms with Crippen LogP contribution >= 0.6 is 0 Å². The van der Waals surface area contributed by atoms with Gasteiger partial charge in [-0.25, -0.2) is 9.59 Å². The smallest absolute Gasteiger partial charge is 0.327 e. The number of benzene rings is 1. The van der Waals surface area contributed by atoms with Crippen LogP contribution in [-0.2, 0) is 0 Å². The van der Waals surface area contributed by atoms with E-state index >= 15 is 0 Å². The molecule has 0 aromatic heterocycles. The van der Waals surface area contributed by atoms with E-state index in [1.165, 1.54) is 0 Å². The summed E-state index contributed by atoms with van der Waals surface area (Å²) in [6.45, 7) is 2.25. The lowest BCUT2D eigenvalue weighted by Gasteiger charge is -2.06. The summed E-state index contributed by atoms with van der Waals surface area (Å²) >= 11 is 0. The van der Waals surface area contributed by atoms with Crippen LogP contribution in [0.25, 0.3) is 0 Å². The molecule has 0 atom stereocenters. The first kappa shape index (κ1) is 11.0. The number of carbonyl (C=O) groups excluding carboxylic acids is 2. The predicted octanol–water partition coefficient (Wildman–Crippen LogP) is 1.54. The molecule has 0 radical (unpaired) electrons. The van der Waals surface area contributed by atoms with Gasteiger partial charge in [-0.2, -0.15) is 0 Å². The molecule has 0 bridgehead atoms. The van der Waals surface area contributed by atoms with Crippen molar-refractivity contribution in [3.8, 4) is 0 Å². The minimum Gasteiger partial charge on any atom is -0.338 e. The molecule has 0 fully saturated rings. The quantitative estimate of drug-likeness (QED) is 0.688. The third-order valence-corrected chi connectivity index (χ3v) is 1.60. The predicted molar refractivity (Wildman–Crippen MR) is 57.7 cm³/mol. The number of hydrogen-bond acceptors (Lipinski definition) is 2. The molecule has 0 saturated carbocycles. The van der Waals surface area contributed by atoms with Crippen LogP contribution in [0.4, 0.5) is 15.3 Å². The zero-order valence-electron chi connectivity index (χ0n) is 8.41. The molecule has 1 rings (SSSR count). The summed E-state index contributed by atoms with van der Waals surface area (Å²) in [6, 6.07) is 7.84. The molecular weight excluding hydrogens is 194 g/mol. The minimum atomic E-state index is -0.549. The molecule has 1 aromatic carbocycles. The first-order valence-corrected chi connectivity index (χ1v) is 4.63. The highest BCUT2D eigenvalue weighted by Gasteiger charge is 2.05. The number of carbonyl (C=O) groups is 2. The standard InChI is InChI=1S/C10H13N3O2/c1-2-11-9(14)13-10(15)12-8-6-4-3-5-7-8/h3-7H,2H2,1H3,(H3,11,12,13,14,15). The third-order valence-electron chi connectivity index (χ3n) is 1.60. The topological polar surface area (TPSA) is 70.2 Å². The van der Waals surface area contributed by atoms with Gasteiger partial charge in [0, 0.05) is 12.2 Å². The Labute approximate surface area is 87.9 Å². The Morgan fingerprint density at radius 1 is 1.13 bits per heavy atom. The van der Waals surface area contributed by atoms with Crippen LogP contribution in [0, 0.1) is 0 Å². The largest absolute Gasteiger partial charge is 0.338 e. The van der Waals surface area contributed by atoms with Gasteiger partial charge < -0.3 is 10.6 Å². The van der Waals surface area contributed by atoms with E-state index < -0.39 is 12.1 Å². The monoisotopic (exact) mass is 207 g/mol. The summed E-state index contributed by atoms with van der Waals surface area (Å²) in [4.78, 5) is 22.2. The summed E-state index contributed by atoms with van der Waals surface area (Å²) in [5, 5.41) is 7.10. The third kappa shape index (κ3) is 4.12. The summed E-state index contributed by atoms with van der Waals surface area (Å²) in [6.07, 6.45) is 0. The highest BCUT2D eigenvalue weighted by atomic mass is 16.2. The van der Waals surface area contributed by atoms with E-state index in [0.29, 0.717) is 12.2 Å². The summed E-state index contributed by atoms with van der Waals surface area (Å²) in [7, 11) is 0.